The summed E-state index contributed by atoms with van der Waals surface area (Å²) in [5, 5.41) is 14.7. The predicted octanol–water partition coefficient (Wildman–Crippen LogP) is 2.66. The van der Waals surface area contributed by atoms with Gasteiger partial charge in [-0.2, -0.15) is 0 Å². The molecule has 0 aromatic heterocycles. The topological polar surface area (TPSA) is 123 Å². The van der Waals surface area contributed by atoms with Crippen molar-refractivity contribution >= 4 is 34.8 Å². The Hall–Kier alpha value is -3.33. The molecule has 0 atom stereocenters. The average molecular weight is 405 g/mol. The van der Waals surface area contributed by atoms with Crippen LogP contribution >= 0.6 is 11.6 Å². The Morgan fingerprint density at radius 3 is 2.61 bits per heavy atom. The van der Waals surface area contributed by atoms with Crippen molar-refractivity contribution in [2.45, 2.75) is 18.9 Å². The first-order chi connectivity index (χ1) is 13.4. The Balaban J connectivity index is 1.55. The summed E-state index contributed by atoms with van der Waals surface area (Å²) >= 11 is 5.92. The lowest BCUT2D eigenvalue weighted by Crippen LogP contribution is -2.43. The molecule has 2 amide bonds. The minimum atomic E-state index is -0.688. The van der Waals surface area contributed by atoms with Crippen LogP contribution in [-0.4, -0.2) is 29.4 Å². The lowest BCUT2D eigenvalue weighted by atomic mass is 10.1. The first-order valence-corrected chi connectivity index (χ1v) is 8.83. The summed E-state index contributed by atoms with van der Waals surface area (Å²) in [6.07, 6.45) is 1.92. The summed E-state index contributed by atoms with van der Waals surface area (Å²) in [6.45, 7) is -0.367. The molecule has 3 rings (SSSR count). The van der Waals surface area contributed by atoms with Crippen molar-refractivity contribution < 1.29 is 19.2 Å². The van der Waals surface area contributed by atoms with Crippen LogP contribution in [0.25, 0.3) is 0 Å². The van der Waals surface area contributed by atoms with E-state index in [1.54, 1.807) is 24.3 Å². The van der Waals surface area contributed by atoms with E-state index in [1.807, 2.05) is 0 Å². The highest BCUT2D eigenvalue weighted by molar-refractivity contribution is 6.32. The van der Waals surface area contributed by atoms with Crippen LogP contribution in [0, 0.1) is 10.1 Å². The Morgan fingerprint density at radius 1 is 1.18 bits per heavy atom. The van der Waals surface area contributed by atoms with Crippen molar-refractivity contribution in [2.24, 2.45) is 0 Å². The van der Waals surface area contributed by atoms with Crippen LogP contribution in [0.3, 0.4) is 0 Å². The number of hydrogen-bond donors (Lipinski definition) is 3. The number of carbonyl (C=O) groups is 2. The van der Waals surface area contributed by atoms with E-state index in [2.05, 4.69) is 16.2 Å². The highest BCUT2D eigenvalue weighted by Crippen LogP contribution is 2.31. The molecular formula is C18H17ClN4O5. The lowest BCUT2D eigenvalue weighted by Gasteiger charge is -2.10. The summed E-state index contributed by atoms with van der Waals surface area (Å²) < 4.78 is 5.25. The first-order valence-electron chi connectivity index (χ1n) is 8.45. The highest BCUT2D eigenvalue weighted by atomic mass is 35.5. The van der Waals surface area contributed by atoms with Crippen LogP contribution in [-0.2, 0) is 4.79 Å². The van der Waals surface area contributed by atoms with E-state index in [0.717, 1.165) is 18.9 Å². The maximum atomic E-state index is 12.2. The zero-order chi connectivity index (χ0) is 20.1. The summed E-state index contributed by atoms with van der Waals surface area (Å²) in [5.74, 6) is -0.970. The molecule has 9 nitrogen and oxygen atoms in total. The number of nitrogens with one attached hydrogen (secondary N) is 3. The monoisotopic (exact) mass is 404 g/mol. The number of carbonyl (C=O) groups excluding carboxylic acids is 2. The van der Waals surface area contributed by atoms with Crippen molar-refractivity contribution in [3.8, 4) is 5.75 Å². The predicted molar refractivity (Wildman–Crippen MR) is 102 cm³/mol. The third-order valence-electron chi connectivity index (χ3n) is 3.90. The van der Waals surface area contributed by atoms with Crippen LogP contribution in [0.15, 0.2) is 42.5 Å². The van der Waals surface area contributed by atoms with Gasteiger partial charge >= 0.3 is 0 Å². The van der Waals surface area contributed by atoms with Gasteiger partial charge < -0.3 is 10.1 Å². The smallest absolute Gasteiger partial charge is 0.293 e. The van der Waals surface area contributed by atoms with Crippen molar-refractivity contribution in [2.75, 3.05) is 11.9 Å². The quantitative estimate of drug-likeness (QED) is 0.481. The number of rotatable bonds is 7. The fraction of sp³-hybridized carbons (Fsp3) is 0.222. The van der Waals surface area contributed by atoms with Crippen molar-refractivity contribution in [1.29, 1.82) is 0 Å². The van der Waals surface area contributed by atoms with Gasteiger partial charge in [0.2, 0.25) is 0 Å². The van der Waals surface area contributed by atoms with Gasteiger partial charge in [-0.15, -0.1) is 0 Å². The third-order valence-corrected chi connectivity index (χ3v) is 4.22. The molecule has 0 aliphatic heterocycles. The zero-order valence-corrected chi connectivity index (χ0v) is 15.4. The van der Waals surface area contributed by atoms with E-state index in [0.29, 0.717) is 16.5 Å². The zero-order valence-electron chi connectivity index (χ0n) is 14.6. The summed E-state index contributed by atoms with van der Waals surface area (Å²) in [6, 6.07) is 11.0. The van der Waals surface area contributed by atoms with Gasteiger partial charge in [0.25, 0.3) is 17.5 Å². The minimum absolute atomic E-state index is 0.0420. The Kier molecular flexibility index (Phi) is 5.95. The molecule has 1 fully saturated rings. The Labute approximate surface area is 165 Å². The molecule has 1 aliphatic rings. The number of anilines is 1. The number of hydrazine groups is 1. The van der Waals surface area contributed by atoms with Gasteiger partial charge in [0.1, 0.15) is 11.4 Å². The van der Waals surface area contributed by atoms with Crippen LogP contribution in [0.5, 0.6) is 5.75 Å². The van der Waals surface area contributed by atoms with E-state index < -0.39 is 16.7 Å². The van der Waals surface area contributed by atoms with Crippen LogP contribution in [0.2, 0.25) is 5.02 Å². The summed E-state index contributed by atoms with van der Waals surface area (Å²) in [4.78, 5) is 34.7. The standard InChI is InChI=1S/C18H17ClN4O5/c19-13-3-1-2-4-16(13)28-10-17(24)21-22-18(25)11-5-8-14(20-12-6-7-12)15(9-11)23(26)27/h1-5,8-9,12,20H,6-7,10H2,(H,21,24)(H,22,25). The van der Waals surface area contributed by atoms with Gasteiger partial charge in [-0.1, -0.05) is 23.7 Å². The first kappa shape index (κ1) is 19.4. The molecule has 28 heavy (non-hydrogen) atoms. The van der Waals surface area contributed by atoms with Gasteiger partial charge in [-0.25, -0.2) is 0 Å². The van der Waals surface area contributed by atoms with E-state index >= 15 is 0 Å². The van der Waals surface area contributed by atoms with Gasteiger partial charge in [0.15, 0.2) is 6.61 Å². The van der Waals surface area contributed by atoms with E-state index in [9.17, 15) is 19.7 Å². The summed E-state index contributed by atoms with van der Waals surface area (Å²) in [5.41, 5.74) is 4.58. The average Bonchev–Trinajstić information content (AvgIpc) is 3.49. The third kappa shape index (κ3) is 5.10. The fourth-order valence-corrected chi connectivity index (χ4v) is 2.52. The molecular weight excluding hydrogens is 388 g/mol. The number of halogens is 1. The molecule has 0 spiro atoms. The largest absolute Gasteiger partial charge is 0.482 e. The molecule has 1 aliphatic carbocycles. The second-order valence-electron chi connectivity index (χ2n) is 6.13. The fourth-order valence-electron chi connectivity index (χ4n) is 2.33. The molecule has 10 heteroatoms. The molecule has 0 bridgehead atoms. The molecule has 0 saturated heterocycles. The van der Waals surface area contributed by atoms with Gasteiger partial charge in [0, 0.05) is 17.7 Å². The second-order valence-corrected chi connectivity index (χ2v) is 6.54. The number of benzene rings is 2. The molecule has 0 unspecified atom stereocenters. The molecule has 3 N–H and O–H groups in total. The molecule has 2 aromatic rings. The number of nitro groups is 1. The molecule has 1 saturated carbocycles. The second kappa shape index (κ2) is 8.57. The van der Waals surface area contributed by atoms with E-state index in [1.165, 1.54) is 12.1 Å². The number of nitrogens with zero attached hydrogens (tertiary/aromatic N) is 1. The number of amides is 2. The molecule has 146 valence electrons. The normalized spacial score (nSPS) is 12.8. The van der Waals surface area contributed by atoms with Crippen LogP contribution in [0.4, 0.5) is 11.4 Å². The number of para-hydroxylation sites is 1. The number of ether oxygens (including phenoxy) is 1. The minimum Gasteiger partial charge on any atom is -0.482 e. The van der Waals surface area contributed by atoms with E-state index in [-0.39, 0.29) is 23.9 Å². The van der Waals surface area contributed by atoms with Crippen molar-refractivity contribution in [1.82, 2.24) is 10.9 Å². The van der Waals surface area contributed by atoms with Gasteiger partial charge in [0.05, 0.1) is 9.95 Å². The van der Waals surface area contributed by atoms with Crippen molar-refractivity contribution in [3.63, 3.8) is 0 Å². The lowest BCUT2D eigenvalue weighted by molar-refractivity contribution is -0.384. The Morgan fingerprint density at radius 2 is 1.93 bits per heavy atom. The number of nitro benzene ring substituents is 1. The van der Waals surface area contributed by atoms with Crippen LogP contribution < -0.4 is 20.9 Å². The SMILES string of the molecule is O=C(COc1ccccc1Cl)NNC(=O)c1ccc(NC2CC2)c([N+](=O)[O-])c1. The highest BCUT2D eigenvalue weighted by Gasteiger charge is 2.25. The molecule has 0 heterocycles. The molecule has 2 aromatic carbocycles. The van der Waals surface area contributed by atoms with Crippen LogP contribution in [0.1, 0.15) is 23.2 Å². The van der Waals surface area contributed by atoms with Crippen molar-refractivity contribution in [3.05, 3.63) is 63.2 Å². The van der Waals surface area contributed by atoms with Gasteiger partial charge in [-0.05, 0) is 37.1 Å². The number of hydrogen-bond acceptors (Lipinski definition) is 6. The van der Waals surface area contributed by atoms with Gasteiger partial charge in [-0.3, -0.25) is 30.6 Å². The maximum absolute atomic E-state index is 12.2. The summed E-state index contributed by atoms with van der Waals surface area (Å²) in [7, 11) is 0. The maximum Gasteiger partial charge on any atom is 0.293 e. The van der Waals surface area contributed by atoms with E-state index in [4.69, 9.17) is 16.3 Å². The Bertz CT molecular complexity index is 917. The molecule has 0 radical (unpaired) electrons.